The Labute approximate surface area is 91.3 Å². The average Bonchev–Trinajstić information content (AvgIpc) is 2.58. The predicted octanol–water partition coefficient (Wildman–Crippen LogP) is 0.159. The van der Waals surface area contributed by atoms with E-state index in [0.717, 1.165) is 19.3 Å². The Balaban J connectivity index is 0.000000385. The van der Waals surface area contributed by atoms with Crippen LogP contribution in [0.15, 0.2) is 12.2 Å². The zero-order chi connectivity index (χ0) is 12.7. The van der Waals surface area contributed by atoms with Gasteiger partial charge < -0.3 is 9.84 Å². The van der Waals surface area contributed by atoms with Crippen LogP contribution >= 0.6 is 0 Å². The number of rotatable bonds is 1. The van der Waals surface area contributed by atoms with Crippen LogP contribution in [0.25, 0.3) is 0 Å². The number of nitrogens with zero attached hydrogens (tertiary/aromatic N) is 1. The third-order valence-corrected chi connectivity index (χ3v) is 1.47. The van der Waals surface area contributed by atoms with Gasteiger partial charge >= 0.3 is 12.1 Å². The van der Waals surface area contributed by atoms with Gasteiger partial charge in [0.05, 0.1) is 7.11 Å². The molecule has 0 radical (unpaired) electrons. The van der Waals surface area contributed by atoms with E-state index in [1.165, 1.54) is 0 Å². The fourth-order valence-electron chi connectivity index (χ4n) is 0.671. The van der Waals surface area contributed by atoms with Crippen LogP contribution in [-0.4, -0.2) is 41.0 Å². The number of hydrogen-bond donors (Lipinski definition) is 1. The summed E-state index contributed by atoms with van der Waals surface area (Å²) in [5.74, 6) is -2.08. The molecule has 7 nitrogen and oxygen atoms in total. The molecule has 1 heterocycles. The predicted molar refractivity (Wildman–Crippen MR) is 51.3 cm³/mol. The summed E-state index contributed by atoms with van der Waals surface area (Å²) in [7, 11) is 1.10. The Kier molecular flexibility index (Phi) is 5.47. The van der Waals surface area contributed by atoms with Crippen LogP contribution in [0.4, 0.5) is 4.79 Å². The second-order valence-electron chi connectivity index (χ2n) is 2.56. The van der Waals surface area contributed by atoms with Gasteiger partial charge in [-0.3, -0.25) is 14.4 Å². The van der Waals surface area contributed by atoms with E-state index < -0.39 is 23.9 Å². The summed E-state index contributed by atoms with van der Waals surface area (Å²) in [6.07, 6.45) is 1.29. The maximum atomic E-state index is 10.7. The first-order chi connectivity index (χ1) is 7.43. The Morgan fingerprint density at radius 1 is 1.31 bits per heavy atom. The Bertz CT molecular complexity index is 328. The first-order valence-corrected chi connectivity index (χ1v) is 4.29. The second kappa shape index (κ2) is 6.33. The van der Waals surface area contributed by atoms with Crippen LogP contribution in [-0.2, 0) is 19.1 Å². The summed E-state index contributed by atoms with van der Waals surface area (Å²) in [6.45, 7) is 1.60. The number of imide groups is 3. The summed E-state index contributed by atoms with van der Waals surface area (Å²) in [4.78, 5) is 41.8. The van der Waals surface area contributed by atoms with Crippen molar-refractivity contribution >= 4 is 23.9 Å². The molecule has 0 bridgehead atoms. The van der Waals surface area contributed by atoms with E-state index >= 15 is 0 Å². The molecule has 3 amide bonds. The highest BCUT2D eigenvalue weighted by molar-refractivity contribution is 6.21. The topological polar surface area (TPSA) is 101 Å². The smallest absolute Gasteiger partial charge is 0.423 e. The number of aliphatic carboxylic acids is 1. The molecule has 0 aromatic carbocycles. The minimum atomic E-state index is -0.954. The highest BCUT2D eigenvalue weighted by atomic mass is 16.5. The molecule has 7 heteroatoms. The first kappa shape index (κ1) is 13.8. The maximum absolute atomic E-state index is 10.7. The molecule has 1 N–H and O–H groups in total. The van der Waals surface area contributed by atoms with Gasteiger partial charge in [-0.15, -0.1) is 0 Å². The molecule has 88 valence electrons. The molecule has 0 aromatic rings. The normalized spacial score (nSPS) is 13.2. The van der Waals surface area contributed by atoms with Crippen molar-refractivity contribution in [1.82, 2.24) is 4.90 Å². The molecule has 0 spiro atoms. The van der Waals surface area contributed by atoms with Crippen molar-refractivity contribution in [1.29, 1.82) is 0 Å². The zero-order valence-electron chi connectivity index (χ0n) is 8.80. The lowest BCUT2D eigenvalue weighted by atomic mass is 10.5. The van der Waals surface area contributed by atoms with Gasteiger partial charge in [0, 0.05) is 18.6 Å². The molecule has 0 saturated carbocycles. The Hall–Kier alpha value is -2.18. The summed E-state index contributed by atoms with van der Waals surface area (Å²) < 4.78 is 4.18. The molecule has 0 aromatic heterocycles. The SMILES string of the molecule is CCC(=O)O.COC(=O)N1C(=O)C=CC1=O. The largest absolute Gasteiger partial charge is 0.481 e. The number of methoxy groups -OCH3 is 1. The average molecular weight is 229 g/mol. The number of amides is 3. The highest BCUT2D eigenvalue weighted by Gasteiger charge is 2.30. The molecule has 1 aliphatic rings. The standard InChI is InChI=1S/C6H5NO4.C3H6O2/c1-11-6(10)7-4(8)2-3-5(7)9;1-2-3(4)5/h2-3H,1H3;2H2,1H3,(H,4,5). The van der Waals surface area contributed by atoms with E-state index in [9.17, 15) is 19.2 Å². The summed E-state index contributed by atoms with van der Waals surface area (Å²) in [5, 5.41) is 7.72. The summed E-state index contributed by atoms with van der Waals surface area (Å²) >= 11 is 0. The van der Waals surface area contributed by atoms with Gasteiger partial charge in [-0.2, -0.15) is 4.90 Å². The molecule has 0 fully saturated rings. The van der Waals surface area contributed by atoms with Gasteiger partial charge in [-0.25, -0.2) is 4.79 Å². The molecule has 0 atom stereocenters. The van der Waals surface area contributed by atoms with Crippen LogP contribution in [0.1, 0.15) is 13.3 Å². The number of ether oxygens (including phenoxy) is 1. The van der Waals surface area contributed by atoms with Gasteiger partial charge in [0.2, 0.25) is 0 Å². The Morgan fingerprint density at radius 3 is 1.94 bits per heavy atom. The van der Waals surface area contributed by atoms with E-state index in [4.69, 9.17) is 5.11 Å². The van der Waals surface area contributed by atoms with Gasteiger partial charge in [-0.05, 0) is 0 Å². The van der Waals surface area contributed by atoms with Crippen LogP contribution in [0.3, 0.4) is 0 Å². The van der Waals surface area contributed by atoms with Crippen molar-refractivity contribution in [2.45, 2.75) is 13.3 Å². The molecular formula is C9H11NO6. The minimum Gasteiger partial charge on any atom is -0.481 e. The number of carbonyl (C=O) groups excluding carboxylic acids is 3. The lowest BCUT2D eigenvalue weighted by Crippen LogP contribution is -2.35. The molecule has 0 saturated heterocycles. The van der Waals surface area contributed by atoms with Crippen molar-refractivity contribution < 1.29 is 29.0 Å². The second-order valence-corrected chi connectivity index (χ2v) is 2.56. The van der Waals surface area contributed by atoms with Crippen molar-refractivity contribution in [3.63, 3.8) is 0 Å². The van der Waals surface area contributed by atoms with Gasteiger partial charge in [0.25, 0.3) is 11.8 Å². The van der Waals surface area contributed by atoms with Crippen molar-refractivity contribution in [2.24, 2.45) is 0 Å². The molecule has 16 heavy (non-hydrogen) atoms. The van der Waals surface area contributed by atoms with E-state index in [2.05, 4.69) is 4.74 Å². The lowest BCUT2D eigenvalue weighted by Gasteiger charge is -2.08. The number of carboxylic acids is 1. The van der Waals surface area contributed by atoms with Crippen molar-refractivity contribution in [2.75, 3.05) is 7.11 Å². The van der Waals surface area contributed by atoms with E-state index in [0.29, 0.717) is 4.90 Å². The van der Waals surface area contributed by atoms with E-state index in [-0.39, 0.29) is 6.42 Å². The van der Waals surface area contributed by atoms with E-state index in [1.807, 2.05) is 0 Å². The van der Waals surface area contributed by atoms with E-state index in [1.54, 1.807) is 6.92 Å². The summed E-state index contributed by atoms with van der Waals surface area (Å²) in [5.41, 5.74) is 0. The van der Waals surface area contributed by atoms with Gasteiger partial charge in [0.15, 0.2) is 0 Å². The number of hydrogen-bond acceptors (Lipinski definition) is 5. The van der Waals surface area contributed by atoms with Gasteiger partial charge in [-0.1, -0.05) is 6.92 Å². The third-order valence-electron chi connectivity index (χ3n) is 1.47. The first-order valence-electron chi connectivity index (χ1n) is 4.29. The monoisotopic (exact) mass is 229 g/mol. The van der Waals surface area contributed by atoms with Crippen LogP contribution in [0, 0.1) is 0 Å². The molecule has 0 aliphatic carbocycles. The zero-order valence-corrected chi connectivity index (χ0v) is 8.80. The van der Waals surface area contributed by atoms with Crippen LogP contribution < -0.4 is 0 Å². The van der Waals surface area contributed by atoms with Gasteiger partial charge in [0.1, 0.15) is 0 Å². The number of carbonyl (C=O) groups is 4. The summed E-state index contributed by atoms with van der Waals surface area (Å²) in [6, 6.07) is 0. The molecule has 1 rings (SSSR count). The van der Waals surface area contributed by atoms with Crippen LogP contribution in [0.2, 0.25) is 0 Å². The number of carboxylic acid groups (broad SMARTS) is 1. The fourth-order valence-corrected chi connectivity index (χ4v) is 0.671. The minimum absolute atomic E-state index is 0.222. The quantitative estimate of drug-likeness (QED) is 0.642. The highest BCUT2D eigenvalue weighted by Crippen LogP contribution is 2.04. The third kappa shape index (κ3) is 3.91. The lowest BCUT2D eigenvalue weighted by molar-refractivity contribution is -0.137. The molecule has 1 aliphatic heterocycles. The maximum Gasteiger partial charge on any atom is 0.423 e. The van der Waals surface area contributed by atoms with Crippen molar-refractivity contribution in [3.8, 4) is 0 Å². The molecule has 0 unspecified atom stereocenters. The fraction of sp³-hybridized carbons (Fsp3) is 0.333. The van der Waals surface area contributed by atoms with Crippen LogP contribution in [0.5, 0.6) is 0 Å². The Morgan fingerprint density at radius 2 is 1.69 bits per heavy atom. The molecular weight excluding hydrogens is 218 g/mol. The van der Waals surface area contributed by atoms with Crippen molar-refractivity contribution in [3.05, 3.63) is 12.2 Å².